The molecule has 1 amide bonds. The zero-order chi connectivity index (χ0) is 17.7. The Labute approximate surface area is 137 Å². The zero-order valence-corrected chi connectivity index (χ0v) is 13.2. The summed E-state index contributed by atoms with van der Waals surface area (Å²) in [5.41, 5.74) is -2.14. The number of halogens is 3. The van der Waals surface area contributed by atoms with Gasteiger partial charge in [0.05, 0.1) is 17.2 Å². The summed E-state index contributed by atoms with van der Waals surface area (Å²) in [5.74, 6) is 0.162. The maximum absolute atomic E-state index is 12.9. The zero-order valence-electron chi connectivity index (χ0n) is 13.2. The van der Waals surface area contributed by atoms with Crippen LogP contribution in [-0.2, 0) is 16.6 Å². The molecule has 0 spiro atoms. The number of aliphatic hydroxyl groups is 1. The first kappa shape index (κ1) is 16.8. The molecule has 8 heteroatoms. The number of carbonyl (C=O) groups is 1. The molecular formula is C16H18F3N3O2. The molecule has 0 aromatic carbocycles. The van der Waals surface area contributed by atoms with Crippen molar-refractivity contribution in [2.45, 2.75) is 31.2 Å². The minimum Gasteiger partial charge on any atom is -0.385 e. The minimum absolute atomic E-state index is 0.178. The molecule has 130 valence electrons. The second kappa shape index (κ2) is 5.47. The van der Waals surface area contributed by atoms with Gasteiger partial charge in [-0.2, -0.15) is 13.2 Å². The van der Waals surface area contributed by atoms with Crippen molar-refractivity contribution in [1.82, 2.24) is 9.88 Å². The van der Waals surface area contributed by atoms with Crippen molar-refractivity contribution in [2.75, 3.05) is 24.5 Å². The first-order valence-corrected chi connectivity index (χ1v) is 7.61. The van der Waals surface area contributed by atoms with Crippen LogP contribution < -0.4 is 4.90 Å². The van der Waals surface area contributed by atoms with Crippen LogP contribution in [0, 0.1) is 0 Å². The van der Waals surface area contributed by atoms with Crippen LogP contribution in [0.3, 0.4) is 0 Å². The molecule has 5 nitrogen and oxygen atoms in total. The topological polar surface area (TPSA) is 56.7 Å². The number of rotatable bonds is 1. The van der Waals surface area contributed by atoms with E-state index in [4.69, 9.17) is 0 Å². The number of aromatic nitrogens is 1. The van der Waals surface area contributed by atoms with Gasteiger partial charge >= 0.3 is 6.18 Å². The lowest BCUT2D eigenvalue weighted by Crippen LogP contribution is -2.59. The molecule has 2 aliphatic rings. The van der Waals surface area contributed by atoms with Crippen LogP contribution in [0.5, 0.6) is 0 Å². The van der Waals surface area contributed by atoms with Crippen molar-refractivity contribution in [2.24, 2.45) is 0 Å². The number of hydrogen-bond acceptors (Lipinski definition) is 4. The molecule has 1 unspecified atom stereocenters. The Balaban J connectivity index is 1.97. The van der Waals surface area contributed by atoms with E-state index in [0.29, 0.717) is 25.5 Å². The summed E-state index contributed by atoms with van der Waals surface area (Å²) in [4.78, 5) is 19.3. The van der Waals surface area contributed by atoms with Crippen LogP contribution in [-0.4, -0.2) is 46.6 Å². The number of nitrogens with zero attached hydrogens (tertiary/aromatic N) is 3. The van der Waals surface area contributed by atoms with Gasteiger partial charge in [-0.3, -0.25) is 4.79 Å². The second-order valence-electron chi connectivity index (χ2n) is 6.41. The lowest BCUT2D eigenvalue weighted by Gasteiger charge is -2.49. The van der Waals surface area contributed by atoms with Crippen molar-refractivity contribution in [3.8, 4) is 0 Å². The van der Waals surface area contributed by atoms with Crippen LogP contribution in [0.2, 0.25) is 0 Å². The van der Waals surface area contributed by atoms with Gasteiger partial charge in [-0.15, -0.1) is 0 Å². The Morgan fingerprint density at radius 3 is 2.83 bits per heavy atom. The summed E-state index contributed by atoms with van der Waals surface area (Å²) < 4.78 is 38.8. The molecule has 3 rings (SSSR count). The molecule has 1 fully saturated rings. The Bertz CT molecular complexity index is 688. The normalized spacial score (nSPS) is 26.6. The van der Waals surface area contributed by atoms with E-state index in [1.807, 2.05) is 4.90 Å². The molecule has 0 saturated carbocycles. The number of hydrogen-bond donors (Lipinski definition) is 1. The van der Waals surface area contributed by atoms with Crippen LogP contribution in [0.1, 0.15) is 24.5 Å². The fourth-order valence-electron chi connectivity index (χ4n) is 3.44. The van der Waals surface area contributed by atoms with E-state index in [9.17, 15) is 23.1 Å². The highest BCUT2D eigenvalue weighted by Gasteiger charge is 2.44. The van der Waals surface area contributed by atoms with Gasteiger partial charge in [-0.25, -0.2) is 4.98 Å². The average molecular weight is 341 g/mol. The van der Waals surface area contributed by atoms with Gasteiger partial charge in [0.15, 0.2) is 0 Å². The fraction of sp³-hybridized carbons (Fsp3) is 0.500. The molecule has 1 N–H and O–H groups in total. The Morgan fingerprint density at radius 1 is 1.50 bits per heavy atom. The highest BCUT2D eigenvalue weighted by Crippen LogP contribution is 2.43. The predicted octanol–water partition coefficient (Wildman–Crippen LogP) is 1.91. The predicted molar refractivity (Wildman–Crippen MR) is 81.3 cm³/mol. The third kappa shape index (κ3) is 2.75. The van der Waals surface area contributed by atoms with Gasteiger partial charge in [-0.1, -0.05) is 6.58 Å². The van der Waals surface area contributed by atoms with Crippen molar-refractivity contribution in [3.63, 3.8) is 0 Å². The van der Waals surface area contributed by atoms with Crippen molar-refractivity contribution < 1.29 is 23.1 Å². The summed E-state index contributed by atoms with van der Waals surface area (Å²) >= 11 is 0. The largest absolute Gasteiger partial charge is 0.417 e. The summed E-state index contributed by atoms with van der Waals surface area (Å²) in [7, 11) is 0. The van der Waals surface area contributed by atoms with Crippen LogP contribution in [0.4, 0.5) is 19.0 Å². The van der Waals surface area contributed by atoms with E-state index in [1.54, 1.807) is 4.90 Å². The molecule has 0 aliphatic carbocycles. The molecule has 1 aromatic heterocycles. The smallest absolute Gasteiger partial charge is 0.385 e. The molecule has 3 heterocycles. The Hall–Kier alpha value is -2.09. The second-order valence-corrected chi connectivity index (χ2v) is 6.41. The number of amides is 1. The number of alkyl halides is 3. The van der Waals surface area contributed by atoms with Gasteiger partial charge in [0.2, 0.25) is 5.91 Å². The lowest BCUT2D eigenvalue weighted by molar-refractivity contribution is -0.138. The maximum Gasteiger partial charge on any atom is 0.417 e. The van der Waals surface area contributed by atoms with Crippen LogP contribution >= 0.6 is 0 Å². The van der Waals surface area contributed by atoms with Crippen LogP contribution in [0.25, 0.3) is 0 Å². The number of piperazine rings is 1. The average Bonchev–Trinajstić information content (AvgIpc) is 2.52. The van der Waals surface area contributed by atoms with Gasteiger partial charge in [0.1, 0.15) is 5.82 Å². The monoisotopic (exact) mass is 341 g/mol. The quantitative estimate of drug-likeness (QED) is 0.793. The van der Waals surface area contributed by atoms with Crippen molar-refractivity contribution in [3.05, 3.63) is 36.0 Å². The van der Waals surface area contributed by atoms with Gasteiger partial charge in [0.25, 0.3) is 0 Å². The number of pyridine rings is 1. The molecule has 2 aliphatic heterocycles. The molecule has 2 atom stereocenters. The first-order chi connectivity index (χ1) is 11.1. The Morgan fingerprint density at radius 2 is 2.21 bits per heavy atom. The highest BCUT2D eigenvalue weighted by atomic mass is 19.4. The molecule has 1 saturated heterocycles. The number of anilines is 1. The van der Waals surface area contributed by atoms with E-state index in [0.717, 1.165) is 12.3 Å². The molecule has 1 aromatic rings. The fourth-order valence-corrected chi connectivity index (χ4v) is 3.44. The van der Waals surface area contributed by atoms with E-state index in [-0.39, 0.29) is 23.9 Å². The third-order valence-corrected chi connectivity index (χ3v) is 4.65. The summed E-state index contributed by atoms with van der Waals surface area (Å²) in [6, 6.07) is 0.772. The van der Waals surface area contributed by atoms with Gasteiger partial charge in [0, 0.05) is 37.8 Å². The van der Waals surface area contributed by atoms with Crippen LogP contribution in [0.15, 0.2) is 24.9 Å². The van der Waals surface area contributed by atoms with E-state index < -0.39 is 17.3 Å². The first-order valence-electron chi connectivity index (χ1n) is 7.61. The summed E-state index contributed by atoms with van der Waals surface area (Å²) in [6.45, 7) is 6.21. The van der Waals surface area contributed by atoms with Gasteiger partial charge < -0.3 is 14.9 Å². The molecular weight excluding hydrogens is 323 g/mol. The van der Waals surface area contributed by atoms with E-state index in [1.165, 1.54) is 13.0 Å². The summed E-state index contributed by atoms with van der Waals surface area (Å²) in [5, 5.41) is 10.7. The standard InChI is InChI=1S/C16H18F3N3O2/c1-3-13(23)21-4-5-22-11(9-21)7-15(2,24)12-6-10(16(17,18)19)8-20-14(12)22/h3,6,8,11,24H,1,4-5,7,9H2,2H3/t11-,15?/m1/s1. The SMILES string of the molecule is C=CC(=O)N1CCN2c3ncc(C(F)(F)F)cc3C(C)(O)C[C@@H]2C1. The van der Waals surface area contributed by atoms with E-state index >= 15 is 0 Å². The maximum atomic E-state index is 12.9. The third-order valence-electron chi connectivity index (χ3n) is 4.65. The molecule has 0 radical (unpaired) electrons. The van der Waals surface area contributed by atoms with Crippen molar-refractivity contribution in [1.29, 1.82) is 0 Å². The van der Waals surface area contributed by atoms with Gasteiger partial charge in [-0.05, 0) is 19.1 Å². The minimum atomic E-state index is -4.51. The highest BCUT2D eigenvalue weighted by molar-refractivity contribution is 5.87. The number of fused-ring (bicyclic) bond motifs is 3. The molecule has 24 heavy (non-hydrogen) atoms. The molecule has 0 bridgehead atoms. The number of carbonyl (C=O) groups excluding carboxylic acids is 1. The summed E-state index contributed by atoms with van der Waals surface area (Å²) in [6.07, 6.45) is -2.26. The van der Waals surface area contributed by atoms with Crippen molar-refractivity contribution >= 4 is 11.7 Å². The Kier molecular flexibility index (Phi) is 3.82. The lowest BCUT2D eigenvalue weighted by atomic mass is 9.83. The van der Waals surface area contributed by atoms with E-state index in [2.05, 4.69) is 11.6 Å².